The molecule has 3 N–H and O–H groups in total. The van der Waals surface area contributed by atoms with E-state index in [1.165, 1.54) is 0 Å². The highest BCUT2D eigenvalue weighted by atomic mass is 16.7. The van der Waals surface area contributed by atoms with Crippen LogP contribution in [0.5, 0.6) is 0 Å². The number of rotatable bonds is 4. The van der Waals surface area contributed by atoms with E-state index in [1.807, 2.05) is 27.7 Å². The molecule has 1 saturated heterocycles. The molecule has 0 aromatic carbocycles. The van der Waals surface area contributed by atoms with Crippen molar-refractivity contribution in [1.82, 2.24) is 0 Å². The zero-order valence-electron chi connectivity index (χ0n) is 10.9. The van der Waals surface area contributed by atoms with Crippen LogP contribution in [0.25, 0.3) is 0 Å². The summed E-state index contributed by atoms with van der Waals surface area (Å²) < 4.78 is 10.9. The molecule has 0 aromatic heterocycles. The molecule has 102 valence electrons. The number of aliphatic hydroxyl groups is 3. The quantitative estimate of drug-likeness (QED) is 0.658. The lowest BCUT2D eigenvalue weighted by Crippen LogP contribution is -2.58. The molecule has 17 heavy (non-hydrogen) atoms. The molecule has 0 amide bonds. The zero-order chi connectivity index (χ0) is 13.2. The smallest absolute Gasteiger partial charge is 0.186 e. The summed E-state index contributed by atoms with van der Waals surface area (Å²) >= 11 is 0. The van der Waals surface area contributed by atoms with Crippen LogP contribution in [-0.4, -0.2) is 52.6 Å². The molecule has 0 aromatic rings. The first-order chi connectivity index (χ1) is 7.88. The first kappa shape index (κ1) is 14.9. The van der Waals surface area contributed by atoms with Gasteiger partial charge >= 0.3 is 0 Å². The SMILES string of the molecule is CC(C)OC1OC(CO)C(C(C)C)C(O)C1O. The van der Waals surface area contributed by atoms with Crippen LogP contribution in [0.15, 0.2) is 0 Å². The fourth-order valence-corrected chi connectivity index (χ4v) is 2.32. The van der Waals surface area contributed by atoms with E-state index >= 15 is 0 Å². The Balaban J connectivity index is 2.78. The van der Waals surface area contributed by atoms with E-state index in [4.69, 9.17) is 9.47 Å². The third kappa shape index (κ3) is 3.39. The molecule has 1 aliphatic rings. The summed E-state index contributed by atoms with van der Waals surface area (Å²) in [6.45, 7) is 7.31. The van der Waals surface area contributed by atoms with Gasteiger partial charge in [-0.25, -0.2) is 0 Å². The summed E-state index contributed by atoms with van der Waals surface area (Å²) in [7, 11) is 0. The first-order valence-corrected chi connectivity index (χ1v) is 6.16. The maximum absolute atomic E-state index is 10.1. The van der Waals surface area contributed by atoms with E-state index in [0.29, 0.717) is 0 Å². The normalized spacial score (nSPS) is 39.0. The Morgan fingerprint density at radius 2 is 1.71 bits per heavy atom. The van der Waals surface area contributed by atoms with Crippen LogP contribution in [0.3, 0.4) is 0 Å². The third-order valence-corrected chi connectivity index (χ3v) is 3.12. The Hall–Kier alpha value is -0.200. The minimum atomic E-state index is -1.08. The highest BCUT2D eigenvalue weighted by molar-refractivity contribution is 4.90. The predicted octanol–water partition coefficient (Wildman–Crippen LogP) is 0.123. The molecule has 0 bridgehead atoms. The van der Waals surface area contributed by atoms with Crippen LogP contribution < -0.4 is 0 Å². The second-order valence-electron chi connectivity index (χ2n) is 5.21. The number of hydrogen-bond acceptors (Lipinski definition) is 5. The Morgan fingerprint density at radius 1 is 1.12 bits per heavy atom. The van der Waals surface area contributed by atoms with E-state index in [2.05, 4.69) is 0 Å². The molecular weight excluding hydrogens is 224 g/mol. The lowest BCUT2D eigenvalue weighted by atomic mass is 9.81. The van der Waals surface area contributed by atoms with Gasteiger partial charge in [0.15, 0.2) is 6.29 Å². The van der Waals surface area contributed by atoms with Crippen molar-refractivity contribution in [2.24, 2.45) is 11.8 Å². The summed E-state index contributed by atoms with van der Waals surface area (Å²) in [5.74, 6) is -0.182. The maximum Gasteiger partial charge on any atom is 0.186 e. The van der Waals surface area contributed by atoms with Crippen LogP contribution in [-0.2, 0) is 9.47 Å². The average Bonchev–Trinajstić information content (AvgIpc) is 2.23. The fourth-order valence-electron chi connectivity index (χ4n) is 2.32. The minimum Gasteiger partial charge on any atom is -0.394 e. The second kappa shape index (κ2) is 6.11. The van der Waals surface area contributed by atoms with Crippen molar-refractivity contribution in [1.29, 1.82) is 0 Å². The molecule has 1 aliphatic heterocycles. The maximum atomic E-state index is 10.1. The summed E-state index contributed by atoms with van der Waals surface area (Å²) in [4.78, 5) is 0. The topological polar surface area (TPSA) is 79.2 Å². The summed E-state index contributed by atoms with van der Waals surface area (Å²) in [6.07, 6.45) is -3.51. The van der Waals surface area contributed by atoms with E-state index in [0.717, 1.165) is 0 Å². The Labute approximate surface area is 102 Å². The van der Waals surface area contributed by atoms with E-state index in [9.17, 15) is 15.3 Å². The monoisotopic (exact) mass is 248 g/mol. The van der Waals surface area contributed by atoms with Crippen LogP contribution in [0.2, 0.25) is 0 Å². The van der Waals surface area contributed by atoms with Gasteiger partial charge in [-0.05, 0) is 19.8 Å². The van der Waals surface area contributed by atoms with Crippen molar-refractivity contribution in [2.75, 3.05) is 6.61 Å². The molecule has 1 rings (SSSR count). The van der Waals surface area contributed by atoms with Crippen LogP contribution >= 0.6 is 0 Å². The largest absolute Gasteiger partial charge is 0.394 e. The second-order valence-corrected chi connectivity index (χ2v) is 5.21. The summed E-state index contributed by atoms with van der Waals surface area (Å²) in [5.41, 5.74) is 0. The Kier molecular flexibility index (Phi) is 5.34. The van der Waals surface area contributed by atoms with Crippen molar-refractivity contribution >= 4 is 0 Å². The standard InChI is InChI=1S/C12H24O5/c1-6(2)9-8(5-13)17-12(16-7(3)4)11(15)10(9)14/h6-15H,5H2,1-4H3. The van der Waals surface area contributed by atoms with Gasteiger partial charge in [-0.3, -0.25) is 0 Å². The van der Waals surface area contributed by atoms with E-state index in [-0.39, 0.29) is 24.5 Å². The highest BCUT2D eigenvalue weighted by Gasteiger charge is 2.46. The average molecular weight is 248 g/mol. The molecule has 0 aliphatic carbocycles. The minimum absolute atomic E-state index is 0.108. The van der Waals surface area contributed by atoms with Gasteiger partial charge in [0.2, 0.25) is 0 Å². The Bertz CT molecular complexity index is 227. The van der Waals surface area contributed by atoms with Crippen molar-refractivity contribution in [3.8, 4) is 0 Å². The molecule has 5 unspecified atom stereocenters. The molecular formula is C12H24O5. The lowest BCUT2D eigenvalue weighted by molar-refractivity contribution is -0.303. The summed E-state index contributed by atoms with van der Waals surface area (Å²) in [5, 5.41) is 29.3. The highest BCUT2D eigenvalue weighted by Crippen LogP contribution is 2.32. The number of hydrogen-bond donors (Lipinski definition) is 3. The van der Waals surface area contributed by atoms with Crippen molar-refractivity contribution in [2.45, 2.75) is 58.4 Å². The van der Waals surface area contributed by atoms with Gasteiger partial charge in [0, 0.05) is 5.92 Å². The number of aliphatic hydroxyl groups excluding tert-OH is 3. The molecule has 5 heteroatoms. The third-order valence-electron chi connectivity index (χ3n) is 3.12. The van der Waals surface area contributed by atoms with E-state index in [1.54, 1.807) is 0 Å². The molecule has 1 heterocycles. The number of ether oxygens (including phenoxy) is 2. The van der Waals surface area contributed by atoms with Crippen molar-refractivity contribution < 1.29 is 24.8 Å². The van der Waals surface area contributed by atoms with Gasteiger partial charge in [0.05, 0.1) is 24.9 Å². The van der Waals surface area contributed by atoms with Gasteiger partial charge in [0.1, 0.15) is 6.10 Å². The predicted molar refractivity (Wildman–Crippen MR) is 62.3 cm³/mol. The van der Waals surface area contributed by atoms with Crippen molar-refractivity contribution in [3.63, 3.8) is 0 Å². The van der Waals surface area contributed by atoms with Gasteiger partial charge < -0.3 is 24.8 Å². The van der Waals surface area contributed by atoms with E-state index < -0.39 is 24.6 Å². The van der Waals surface area contributed by atoms with Crippen LogP contribution in [0, 0.1) is 11.8 Å². The molecule has 5 atom stereocenters. The first-order valence-electron chi connectivity index (χ1n) is 6.16. The van der Waals surface area contributed by atoms with Crippen LogP contribution in [0.4, 0.5) is 0 Å². The Morgan fingerprint density at radius 3 is 2.12 bits per heavy atom. The van der Waals surface area contributed by atoms with Crippen molar-refractivity contribution in [3.05, 3.63) is 0 Å². The fraction of sp³-hybridized carbons (Fsp3) is 1.00. The zero-order valence-corrected chi connectivity index (χ0v) is 10.9. The van der Waals surface area contributed by atoms with Crippen LogP contribution in [0.1, 0.15) is 27.7 Å². The lowest BCUT2D eigenvalue weighted by Gasteiger charge is -2.44. The molecule has 0 spiro atoms. The molecule has 0 saturated carbocycles. The molecule has 0 radical (unpaired) electrons. The molecule has 1 fully saturated rings. The van der Waals surface area contributed by atoms with Gasteiger partial charge in [-0.1, -0.05) is 13.8 Å². The molecule has 5 nitrogen and oxygen atoms in total. The summed E-state index contributed by atoms with van der Waals surface area (Å²) in [6, 6.07) is 0. The van der Waals surface area contributed by atoms with Gasteiger partial charge in [-0.15, -0.1) is 0 Å². The van der Waals surface area contributed by atoms with Gasteiger partial charge in [-0.2, -0.15) is 0 Å². The van der Waals surface area contributed by atoms with Gasteiger partial charge in [0.25, 0.3) is 0 Å².